The van der Waals surface area contributed by atoms with Crippen molar-refractivity contribution in [3.63, 3.8) is 0 Å². The van der Waals surface area contributed by atoms with E-state index in [0.29, 0.717) is 11.4 Å². The van der Waals surface area contributed by atoms with Gasteiger partial charge in [0.25, 0.3) is 0 Å². The number of carbonyl (C=O) groups excluding carboxylic acids is 2. The lowest BCUT2D eigenvalue weighted by Gasteiger charge is -2.19. The maximum absolute atomic E-state index is 12.8. The van der Waals surface area contributed by atoms with E-state index in [0.717, 1.165) is 4.31 Å². The van der Waals surface area contributed by atoms with Crippen LogP contribution in [0.5, 0.6) is 5.75 Å². The Labute approximate surface area is 180 Å². The maximum atomic E-state index is 12.8. The van der Waals surface area contributed by atoms with Crippen LogP contribution in [0.1, 0.15) is 6.42 Å². The molecule has 1 heterocycles. The lowest BCUT2D eigenvalue weighted by atomic mass is 10.1. The Balaban J connectivity index is 1.78. The molecule has 3 rings (SSSR count). The summed E-state index contributed by atoms with van der Waals surface area (Å²) in [4.78, 5) is 26.7. The summed E-state index contributed by atoms with van der Waals surface area (Å²) < 4.78 is 31.2. The molecular weight excluding hydrogens is 430 g/mol. The maximum Gasteiger partial charge on any atom is 0.244 e. The van der Waals surface area contributed by atoms with Crippen molar-refractivity contribution in [1.82, 2.24) is 4.31 Å². The summed E-state index contributed by atoms with van der Waals surface area (Å²) in [5.74, 6) is -0.613. The highest BCUT2D eigenvalue weighted by Crippen LogP contribution is 2.33. The van der Waals surface area contributed by atoms with E-state index < -0.39 is 15.9 Å². The molecule has 1 aliphatic rings. The lowest BCUT2D eigenvalue weighted by Crippen LogP contribution is -2.28. The molecule has 0 aliphatic carbocycles. The van der Waals surface area contributed by atoms with Gasteiger partial charge in [0, 0.05) is 32.7 Å². The summed E-state index contributed by atoms with van der Waals surface area (Å²) in [5, 5.41) is 2.75. The van der Waals surface area contributed by atoms with Gasteiger partial charge in [0.2, 0.25) is 21.8 Å². The number of ether oxygens (including phenoxy) is 1. The van der Waals surface area contributed by atoms with Crippen LogP contribution in [0.4, 0.5) is 11.4 Å². The largest absolute Gasteiger partial charge is 0.495 e. The first-order chi connectivity index (χ1) is 14.1. The van der Waals surface area contributed by atoms with Crippen molar-refractivity contribution >= 4 is 44.8 Å². The number of nitrogens with zero attached hydrogens (tertiary/aromatic N) is 2. The molecule has 0 spiro atoms. The fourth-order valence-corrected chi connectivity index (χ4v) is 4.58. The SMILES string of the molecule is COc1ccccc1N1C[C@@H](C(=O)Nc2ccc(Cl)c(S(=O)(=O)N(C)C)c2)CC1=O. The van der Waals surface area contributed by atoms with Crippen LogP contribution in [0.25, 0.3) is 0 Å². The molecule has 1 atom stereocenters. The molecule has 160 valence electrons. The Kier molecular flexibility index (Phi) is 6.35. The first kappa shape index (κ1) is 22.1. The van der Waals surface area contributed by atoms with Gasteiger partial charge in [-0.25, -0.2) is 12.7 Å². The highest BCUT2D eigenvalue weighted by molar-refractivity contribution is 7.89. The monoisotopic (exact) mass is 451 g/mol. The van der Waals surface area contributed by atoms with E-state index in [4.69, 9.17) is 16.3 Å². The third kappa shape index (κ3) is 4.28. The van der Waals surface area contributed by atoms with Gasteiger partial charge in [-0.1, -0.05) is 23.7 Å². The van der Waals surface area contributed by atoms with Crippen LogP contribution in [0.3, 0.4) is 0 Å². The molecule has 1 saturated heterocycles. The Bertz CT molecular complexity index is 1090. The van der Waals surface area contributed by atoms with E-state index in [1.807, 2.05) is 0 Å². The van der Waals surface area contributed by atoms with Crippen LogP contribution in [-0.4, -0.2) is 52.3 Å². The molecule has 2 aromatic rings. The lowest BCUT2D eigenvalue weighted by molar-refractivity contribution is -0.122. The third-order valence-corrected chi connectivity index (χ3v) is 7.13. The number of rotatable bonds is 6. The zero-order valence-corrected chi connectivity index (χ0v) is 18.3. The first-order valence-corrected chi connectivity index (χ1v) is 10.9. The quantitative estimate of drug-likeness (QED) is 0.728. The molecule has 1 aliphatic heterocycles. The summed E-state index contributed by atoms with van der Waals surface area (Å²) in [6.45, 7) is 0.196. The second-order valence-corrected chi connectivity index (χ2v) is 9.53. The highest BCUT2D eigenvalue weighted by atomic mass is 35.5. The van der Waals surface area contributed by atoms with Gasteiger partial charge in [0.15, 0.2) is 0 Å². The Morgan fingerprint density at radius 3 is 2.60 bits per heavy atom. The molecule has 1 fully saturated rings. The van der Waals surface area contributed by atoms with Crippen molar-refractivity contribution in [3.05, 3.63) is 47.5 Å². The molecule has 2 aromatic carbocycles. The van der Waals surface area contributed by atoms with Crippen LogP contribution in [0, 0.1) is 5.92 Å². The van der Waals surface area contributed by atoms with Gasteiger partial charge in [0.05, 0.1) is 23.7 Å². The van der Waals surface area contributed by atoms with Crippen LogP contribution in [0.2, 0.25) is 5.02 Å². The molecular formula is C20H22ClN3O5S. The highest BCUT2D eigenvalue weighted by Gasteiger charge is 2.36. The van der Waals surface area contributed by atoms with Crippen LogP contribution in [0.15, 0.2) is 47.4 Å². The van der Waals surface area contributed by atoms with Gasteiger partial charge in [-0.3, -0.25) is 9.59 Å². The topological polar surface area (TPSA) is 96.0 Å². The molecule has 0 aromatic heterocycles. The molecule has 8 nitrogen and oxygen atoms in total. The summed E-state index contributed by atoms with van der Waals surface area (Å²) in [6, 6.07) is 11.3. The van der Waals surface area contributed by atoms with Gasteiger partial charge in [-0.15, -0.1) is 0 Å². The smallest absolute Gasteiger partial charge is 0.244 e. The number of hydrogen-bond acceptors (Lipinski definition) is 5. The zero-order chi connectivity index (χ0) is 22.1. The van der Waals surface area contributed by atoms with Gasteiger partial charge >= 0.3 is 0 Å². The van der Waals surface area contributed by atoms with Crippen molar-refractivity contribution in [2.45, 2.75) is 11.3 Å². The van der Waals surface area contributed by atoms with Crippen LogP contribution >= 0.6 is 11.6 Å². The number of hydrogen-bond donors (Lipinski definition) is 1. The number of carbonyl (C=O) groups is 2. The number of nitrogens with one attached hydrogen (secondary N) is 1. The predicted molar refractivity (Wildman–Crippen MR) is 114 cm³/mol. The van der Waals surface area contributed by atoms with Crippen molar-refractivity contribution in [1.29, 1.82) is 0 Å². The minimum Gasteiger partial charge on any atom is -0.495 e. The Morgan fingerprint density at radius 2 is 1.93 bits per heavy atom. The van der Waals surface area contributed by atoms with Crippen LogP contribution < -0.4 is 15.0 Å². The fourth-order valence-electron chi connectivity index (χ4n) is 3.19. The number of anilines is 2. The van der Waals surface area contributed by atoms with Crippen molar-refractivity contribution in [2.75, 3.05) is 38.0 Å². The second-order valence-electron chi connectivity index (χ2n) is 7.00. The fraction of sp³-hybridized carbons (Fsp3) is 0.300. The number of halogens is 1. The van der Waals surface area contributed by atoms with Crippen molar-refractivity contribution in [2.24, 2.45) is 5.92 Å². The average molecular weight is 452 g/mol. The minimum atomic E-state index is -3.77. The molecule has 0 saturated carbocycles. The summed E-state index contributed by atoms with van der Waals surface area (Å²) >= 11 is 6.04. The summed E-state index contributed by atoms with van der Waals surface area (Å²) in [6.07, 6.45) is 0.0420. The Morgan fingerprint density at radius 1 is 1.23 bits per heavy atom. The van der Waals surface area contributed by atoms with E-state index in [2.05, 4.69) is 5.32 Å². The average Bonchev–Trinajstić information content (AvgIpc) is 3.10. The van der Waals surface area contributed by atoms with E-state index >= 15 is 0 Å². The normalized spacial score (nSPS) is 16.8. The Hall–Kier alpha value is -2.62. The molecule has 10 heteroatoms. The number of para-hydroxylation sites is 2. The number of benzene rings is 2. The predicted octanol–water partition coefficient (Wildman–Crippen LogP) is 2.59. The molecule has 1 N–H and O–H groups in total. The molecule has 0 radical (unpaired) electrons. The van der Waals surface area contributed by atoms with Crippen molar-refractivity contribution in [3.8, 4) is 5.75 Å². The molecule has 2 amide bonds. The number of methoxy groups -OCH3 is 1. The van der Waals surface area contributed by atoms with Gasteiger partial charge in [0.1, 0.15) is 10.6 Å². The standard InChI is InChI=1S/C20H22ClN3O5S/c1-23(2)30(27,28)18-11-14(8-9-15(18)21)22-20(26)13-10-19(25)24(12-13)16-6-4-5-7-17(16)29-3/h4-9,11,13H,10,12H2,1-3H3,(H,22,26)/t13-/m0/s1. The van der Waals surface area contributed by atoms with E-state index in [1.54, 1.807) is 24.3 Å². The van der Waals surface area contributed by atoms with E-state index in [1.165, 1.54) is 44.3 Å². The number of amides is 2. The van der Waals surface area contributed by atoms with E-state index in [-0.39, 0.29) is 40.4 Å². The summed E-state index contributed by atoms with van der Waals surface area (Å²) in [5.41, 5.74) is 0.888. The van der Waals surface area contributed by atoms with E-state index in [9.17, 15) is 18.0 Å². The second kappa shape index (κ2) is 8.63. The third-order valence-electron chi connectivity index (χ3n) is 4.83. The first-order valence-electron chi connectivity index (χ1n) is 9.11. The van der Waals surface area contributed by atoms with Gasteiger partial charge in [-0.2, -0.15) is 0 Å². The van der Waals surface area contributed by atoms with Crippen LogP contribution in [-0.2, 0) is 19.6 Å². The minimum absolute atomic E-state index is 0.0420. The molecule has 30 heavy (non-hydrogen) atoms. The molecule has 0 unspecified atom stereocenters. The van der Waals surface area contributed by atoms with Gasteiger partial charge < -0.3 is 15.0 Å². The van der Waals surface area contributed by atoms with Crippen molar-refractivity contribution < 1.29 is 22.7 Å². The zero-order valence-electron chi connectivity index (χ0n) is 16.8. The molecule has 0 bridgehead atoms. The number of sulfonamides is 1. The van der Waals surface area contributed by atoms with Gasteiger partial charge in [-0.05, 0) is 30.3 Å². The summed E-state index contributed by atoms with van der Waals surface area (Å²) in [7, 11) is 0.538.